The molecule has 4 heteroatoms. The highest BCUT2D eigenvalue weighted by Crippen LogP contribution is 2.27. The quantitative estimate of drug-likeness (QED) is 0.682. The second kappa shape index (κ2) is 4.15. The van der Waals surface area contributed by atoms with Crippen molar-refractivity contribution >= 4 is 23.1 Å². The van der Waals surface area contributed by atoms with Crippen molar-refractivity contribution in [2.75, 3.05) is 0 Å². The Morgan fingerprint density at radius 3 is 1.75 bits per heavy atom. The Morgan fingerprint density at radius 1 is 0.750 bits per heavy atom. The predicted molar refractivity (Wildman–Crippen MR) is 68.7 cm³/mol. The van der Waals surface area contributed by atoms with Gasteiger partial charge in [0.2, 0.25) is 0 Å². The molecule has 0 bridgehead atoms. The minimum Gasteiger partial charge on any atom is -0.201 e. The Kier molecular flexibility index (Phi) is 2.52. The molecule has 0 fully saturated rings. The average molecular weight is 244 g/mol. The Bertz CT molecular complexity index is 521. The average Bonchev–Trinajstić information content (AvgIpc) is 3.03. The van der Waals surface area contributed by atoms with E-state index in [0.29, 0.717) is 0 Å². The zero-order valence-corrected chi connectivity index (χ0v) is 9.96. The van der Waals surface area contributed by atoms with E-state index in [1.54, 1.807) is 0 Å². The van der Waals surface area contributed by atoms with Crippen molar-refractivity contribution in [1.82, 2.24) is 8.75 Å². The van der Waals surface area contributed by atoms with Crippen LogP contribution in [0.15, 0.2) is 47.4 Å². The summed E-state index contributed by atoms with van der Waals surface area (Å²) in [5.74, 6) is 0. The van der Waals surface area contributed by atoms with Gasteiger partial charge in [-0.15, -0.1) is 0 Å². The standard InChI is InChI=1S/C12H8N2S2/c1-2-9(11-5-13-15-7-11)4-10(3-1)12-6-14-16-8-12/h1-8H. The SMILES string of the molecule is c1cc(-c2cnsc2)cc(-c2cnsc2)c1. The summed E-state index contributed by atoms with van der Waals surface area (Å²) in [5.41, 5.74) is 4.76. The van der Waals surface area contributed by atoms with Gasteiger partial charge in [0.1, 0.15) is 0 Å². The van der Waals surface area contributed by atoms with Crippen LogP contribution in [0.5, 0.6) is 0 Å². The maximum atomic E-state index is 4.12. The van der Waals surface area contributed by atoms with Crippen LogP contribution in [0.25, 0.3) is 22.3 Å². The Hall–Kier alpha value is -1.52. The third-order valence-electron chi connectivity index (χ3n) is 2.39. The van der Waals surface area contributed by atoms with Gasteiger partial charge in [-0.2, -0.15) is 0 Å². The van der Waals surface area contributed by atoms with Crippen molar-refractivity contribution < 1.29 is 0 Å². The summed E-state index contributed by atoms with van der Waals surface area (Å²) in [5, 5.41) is 4.12. The molecule has 0 unspecified atom stereocenters. The van der Waals surface area contributed by atoms with Gasteiger partial charge in [-0.05, 0) is 40.3 Å². The fourth-order valence-corrected chi connectivity index (χ4v) is 2.66. The molecule has 2 heterocycles. The smallest absolute Gasteiger partial charge is 0.0485 e. The predicted octanol–water partition coefficient (Wildman–Crippen LogP) is 3.93. The van der Waals surface area contributed by atoms with Gasteiger partial charge in [0, 0.05) is 34.3 Å². The van der Waals surface area contributed by atoms with E-state index in [4.69, 9.17) is 0 Å². The molecule has 0 saturated carbocycles. The molecule has 0 saturated heterocycles. The lowest BCUT2D eigenvalue weighted by atomic mass is 10.0. The minimum absolute atomic E-state index is 1.18. The molecule has 0 N–H and O–H groups in total. The summed E-state index contributed by atoms with van der Waals surface area (Å²) in [6, 6.07) is 8.45. The largest absolute Gasteiger partial charge is 0.201 e. The molecule has 0 radical (unpaired) electrons. The van der Waals surface area contributed by atoms with Crippen LogP contribution in [0.1, 0.15) is 0 Å². The zero-order chi connectivity index (χ0) is 10.8. The molecular formula is C12H8N2S2. The molecule has 0 aliphatic rings. The van der Waals surface area contributed by atoms with Gasteiger partial charge in [0.05, 0.1) is 0 Å². The molecule has 0 atom stereocenters. The number of rotatable bonds is 2. The van der Waals surface area contributed by atoms with Gasteiger partial charge in [0.25, 0.3) is 0 Å². The van der Waals surface area contributed by atoms with Crippen molar-refractivity contribution in [3.8, 4) is 22.3 Å². The molecule has 3 aromatic rings. The van der Waals surface area contributed by atoms with Crippen molar-refractivity contribution in [2.24, 2.45) is 0 Å². The first-order chi connectivity index (χ1) is 7.93. The summed E-state index contributed by atoms with van der Waals surface area (Å²) in [6.07, 6.45) is 3.80. The fraction of sp³-hybridized carbons (Fsp3) is 0. The summed E-state index contributed by atoms with van der Waals surface area (Å²) in [7, 11) is 0. The normalized spacial score (nSPS) is 10.5. The van der Waals surface area contributed by atoms with E-state index in [1.165, 1.54) is 45.3 Å². The number of hydrogen-bond acceptors (Lipinski definition) is 4. The van der Waals surface area contributed by atoms with Crippen LogP contribution in [0, 0.1) is 0 Å². The lowest BCUT2D eigenvalue weighted by Crippen LogP contribution is -1.77. The number of nitrogens with zero attached hydrogens (tertiary/aromatic N) is 2. The highest BCUT2D eigenvalue weighted by atomic mass is 32.1. The first-order valence-electron chi connectivity index (χ1n) is 4.83. The molecule has 78 valence electrons. The molecule has 1 aromatic carbocycles. The first-order valence-corrected chi connectivity index (χ1v) is 6.50. The number of benzene rings is 1. The summed E-state index contributed by atoms with van der Waals surface area (Å²) < 4.78 is 8.24. The van der Waals surface area contributed by atoms with E-state index < -0.39 is 0 Å². The number of aromatic nitrogens is 2. The lowest BCUT2D eigenvalue weighted by Gasteiger charge is -2.00. The van der Waals surface area contributed by atoms with Gasteiger partial charge in [-0.1, -0.05) is 18.2 Å². The minimum atomic E-state index is 1.18. The van der Waals surface area contributed by atoms with Crippen LogP contribution < -0.4 is 0 Å². The highest BCUT2D eigenvalue weighted by Gasteiger charge is 2.02. The maximum Gasteiger partial charge on any atom is 0.0485 e. The van der Waals surface area contributed by atoms with Crippen LogP contribution in [-0.2, 0) is 0 Å². The number of hydrogen-bond donors (Lipinski definition) is 0. The molecule has 16 heavy (non-hydrogen) atoms. The molecule has 0 aliphatic heterocycles. The van der Waals surface area contributed by atoms with Crippen LogP contribution in [0.4, 0.5) is 0 Å². The van der Waals surface area contributed by atoms with E-state index in [-0.39, 0.29) is 0 Å². The van der Waals surface area contributed by atoms with Gasteiger partial charge < -0.3 is 0 Å². The third kappa shape index (κ3) is 1.77. The maximum absolute atomic E-state index is 4.12. The molecule has 2 nitrogen and oxygen atoms in total. The molecule has 2 aromatic heterocycles. The molecule has 0 amide bonds. The second-order valence-electron chi connectivity index (χ2n) is 3.41. The summed E-state index contributed by atoms with van der Waals surface area (Å²) >= 11 is 2.95. The van der Waals surface area contributed by atoms with Gasteiger partial charge in [-0.3, -0.25) is 0 Å². The molecular weight excluding hydrogens is 236 g/mol. The first kappa shape index (κ1) is 9.69. The van der Waals surface area contributed by atoms with Crippen molar-refractivity contribution in [3.05, 3.63) is 47.4 Å². The van der Waals surface area contributed by atoms with Crippen LogP contribution in [-0.4, -0.2) is 8.75 Å². The highest BCUT2D eigenvalue weighted by molar-refractivity contribution is 7.04. The van der Waals surface area contributed by atoms with Gasteiger partial charge >= 0.3 is 0 Å². The van der Waals surface area contributed by atoms with E-state index in [0.717, 1.165) is 0 Å². The van der Waals surface area contributed by atoms with E-state index in [2.05, 4.69) is 43.8 Å². The van der Waals surface area contributed by atoms with Crippen molar-refractivity contribution in [2.45, 2.75) is 0 Å². The van der Waals surface area contributed by atoms with Crippen molar-refractivity contribution in [3.63, 3.8) is 0 Å². The fourth-order valence-electron chi connectivity index (χ4n) is 1.57. The Morgan fingerprint density at radius 2 is 1.31 bits per heavy atom. The van der Waals surface area contributed by atoms with Crippen LogP contribution >= 0.6 is 23.1 Å². The molecule has 0 aliphatic carbocycles. The molecule has 3 rings (SSSR count). The summed E-state index contributed by atoms with van der Waals surface area (Å²) in [4.78, 5) is 0. The van der Waals surface area contributed by atoms with Crippen LogP contribution in [0.3, 0.4) is 0 Å². The molecule has 0 spiro atoms. The van der Waals surface area contributed by atoms with E-state index >= 15 is 0 Å². The lowest BCUT2D eigenvalue weighted by molar-refractivity contribution is 1.54. The topological polar surface area (TPSA) is 25.8 Å². The van der Waals surface area contributed by atoms with E-state index in [1.807, 2.05) is 12.4 Å². The van der Waals surface area contributed by atoms with Crippen LogP contribution in [0.2, 0.25) is 0 Å². The van der Waals surface area contributed by atoms with E-state index in [9.17, 15) is 0 Å². The van der Waals surface area contributed by atoms with Gasteiger partial charge in [-0.25, -0.2) is 8.75 Å². The monoisotopic (exact) mass is 244 g/mol. The second-order valence-corrected chi connectivity index (χ2v) is 4.72. The van der Waals surface area contributed by atoms with Crippen molar-refractivity contribution in [1.29, 1.82) is 0 Å². The zero-order valence-electron chi connectivity index (χ0n) is 8.33. The third-order valence-corrected chi connectivity index (χ3v) is 3.57. The Labute approximate surface area is 102 Å². The Balaban J connectivity index is 2.07. The summed E-state index contributed by atoms with van der Waals surface area (Å²) in [6.45, 7) is 0. The van der Waals surface area contributed by atoms with Gasteiger partial charge in [0.15, 0.2) is 0 Å².